The minimum atomic E-state index is -3.82. The Bertz CT molecular complexity index is 5330. The first-order valence-electron chi connectivity index (χ1n) is 41.9. The monoisotopic (exact) mass is 1760 g/mol. The lowest BCUT2D eigenvalue weighted by atomic mass is 10.0. The second kappa shape index (κ2) is 44.5. The lowest BCUT2D eigenvalue weighted by Crippen LogP contribution is -2.54. The Morgan fingerprint density at radius 1 is 0.492 bits per heavy atom. The fourth-order valence-corrected chi connectivity index (χ4v) is 15.9. The number of aromatic nitrogens is 6. The predicted molar refractivity (Wildman–Crippen MR) is 463 cm³/mol. The maximum absolute atomic E-state index is 13.0. The number of carbonyl (C=O) groups excluding carboxylic acids is 8. The number of piperidine rings is 2. The number of fused-ring (bicyclic) bond motifs is 4. The molecule has 8 aromatic rings. The van der Waals surface area contributed by atoms with Crippen LogP contribution in [0.1, 0.15) is 138 Å². The van der Waals surface area contributed by atoms with Crippen LogP contribution in [0.25, 0.3) is 22.3 Å². The Balaban J connectivity index is 0.000000183. The highest BCUT2D eigenvalue weighted by Crippen LogP contribution is 2.35. The quantitative estimate of drug-likeness (QED) is 0.0170. The molecule has 0 saturated carbocycles. The van der Waals surface area contributed by atoms with Gasteiger partial charge in [-0.1, -0.05) is 31.2 Å². The number of H-pyrrole nitrogens is 1. The molecule has 7 aliphatic rings. The molecular formula is C89H109N15O21S. The Morgan fingerprint density at radius 2 is 0.976 bits per heavy atom. The number of nitrogens with one attached hydrogen (secondary N) is 4. The number of imide groups is 4. The van der Waals surface area contributed by atoms with Crippen LogP contribution in [-0.2, 0) is 68.4 Å². The van der Waals surface area contributed by atoms with Gasteiger partial charge in [0.05, 0.1) is 154 Å². The highest BCUT2D eigenvalue weighted by Gasteiger charge is 2.47. The second-order valence-corrected chi connectivity index (χ2v) is 32.6. The smallest absolute Gasteiger partial charge is 0.297 e. The van der Waals surface area contributed by atoms with E-state index in [2.05, 4.69) is 92.8 Å². The summed E-state index contributed by atoms with van der Waals surface area (Å²) >= 11 is 0. The molecule has 15 rings (SSSR count). The largest absolute Gasteiger partial charge is 0.491 e. The minimum Gasteiger partial charge on any atom is -0.491 e. The van der Waals surface area contributed by atoms with Crippen molar-refractivity contribution in [3.05, 3.63) is 166 Å². The highest BCUT2D eigenvalue weighted by molar-refractivity contribution is 7.86. The number of aryl methyl sites for hydroxylation is 1. The average Bonchev–Trinajstić information content (AvgIpc) is 1.58. The van der Waals surface area contributed by atoms with Crippen molar-refractivity contribution in [1.82, 2.24) is 60.8 Å². The SMILES string of the molecule is C.CC(C)Oc1ccc2[nH]nc(-c3cc(N4CCN(CCOCCOCCOCCOc5ccc6c(c5)C(=O)N(C5CCC(=O)NC5=O)C6=O)[C@@H](C)C4)ncn3)c2c1.CC(C)Oc1ccc2c(c1)C(c1cc(N3CCN[C@@H](C)C3)ncn1)=NC2.Cc1ccc(S(=O)(=O)OCCOCCOCCOCCOc2ccc3c(c2)C(=O)N(C2CCC(=O)NC2=O)C3=O)cc1. The lowest BCUT2D eigenvalue weighted by molar-refractivity contribution is -0.137. The lowest BCUT2D eigenvalue weighted by Gasteiger charge is -2.40. The van der Waals surface area contributed by atoms with Crippen LogP contribution in [-0.4, -0.2) is 288 Å². The Kier molecular flexibility index (Phi) is 33.0. The molecule has 0 aliphatic carbocycles. The molecule has 4 atom stereocenters. The van der Waals surface area contributed by atoms with Crippen molar-refractivity contribution in [2.45, 2.75) is 129 Å². The van der Waals surface area contributed by atoms with Gasteiger partial charge in [0, 0.05) is 93.8 Å². The van der Waals surface area contributed by atoms with Crippen molar-refractivity contribution < 1.29 is 98.3 Å². The third-order valence-electron chi connectivity index (χ3n) is 21.2. The van der Waals surface area contributed by atoms with E-state index in [4.69, 9.17) is 56.5 Å². The van der Waals surface area contributed by atoms with Gasteiger partial charge in [-0.15, -0.1) is 0 Å². The molecule has 36 nitrogen and oxygen atoms in total. The van der Waals surface area contributed by atoms with Crippen LogP contribution in [0.5, 0.6) is 23.0 Å². The van der Waals surface area contributed by atoms with E-state index in [-0.39, 0.29) is 112 Å². The van der Waals surface area contributed by atoms with Gasteiger partial charge in [-0.2, -0.15) is 13.5 Å². The number of nitrogens with zero attached hydrogens (tertiary/aromatic N) is 11. The summed E-state index contributed by atoms with van der Waals surface area (Å²) in [4.78, 5) is 131. The van der Waals surface area contributed by atoms with Gasteiger partial charge >= 0.3 is 0 Å². The summed E-state index contributed by atoms with van der Waals surface area (Å²) < 4.78 is 85.5. The van der Waals surface area contributed by atoms with E-state index >= 15 is 0 Å². The van der Waals surface area contributed by atoms with E-state index in [0.29, 0.717) is 89.6 Å². The van der Waals surface area contributed by atoms with E-state index in [1.807, 2.05) is 65.0 Å². The van der Waals surface area contributed by atoms with Crippen LogP contribution in [0.3, 0.4) is 0 Å². The number of benzene rings is 5. The van der Waals surface area contributed by atoms with Crippen LogP contribution in [0.4, 0.5) is 11.6 Å². The first-order valence-corrected chi connectivity index (χ1v) is 43.3. The van der Waals surface area contributed by atoms with Crippen LogP contribution in [0.2, 0.25) is 0 Å². The molecule has 4 N–H and O–H groups in total. The predicted octanol–water partition coefficient (Wildman–Crippen LogP) is 7.13. The van der Waals surface area contributed by atoms with Gasteiger partial charge in [0.15, 0.2) is 0 Å². The molecule has 0 bridgehead atoms. The van der Waals surface area contributed by atoms with Crippen molar-refractivity contribution in [1.29, 1.82) is 0 Å². The van der Waals surface area contributed by atoms with Crippen LogP contribution in [0, 0.1) is 6.92 Å². The van der Waals surface area contributed by atoms with Crippen molar-refractivity contribution in [2.75, 3.05) is 155 Å². The van der Waals surface area contributed by atoms with Crippen LogP contribution in [0.15, 0.2) is 132 Å². The molecular weight excluding hydrogens is 1650 g/mol. The second-order valence-electron chi connectivity index (χ2n) is 31.0. The number of hydrogen-bond acceptors (Lipinski definition) is 31. The van der Waals surface area contributed by atoms with E-state index in [1.54, 1.807) is 36.9 Å². The summed E-state index contributed by atoms with van der Waals surface area (Å²) in [5.41, 5.74) is 8.21. The van der Waals surface area contributed by atoms with Gasteiger partial charge < -0.3 is 62.5 Å². The Hall–Kier alpha value is -11.7. The molecule has 3 aromatic heterocycles. The average molecular weight is 1760 g/mol. The third-order valence-corrected chi connectivity index (χ3v) is 22.5. The van der Waals surface area contributed by atoms with Crippen molar-refractivity contribution in [3.63, 3.8) is 0 Å². The van der Waals surface area contributed by atoms with Crippen LogP contribution >= 0.6 is 0 Å². The summed E-state index contributed by atoms with van der Waals surface area (Å²) in [5, 5.41) is 16.4. The molecule has 4 saturated heterocycles. The molecule has 672 valence electrons. The number of aromatic amines is 1. The zero-order valence-corrected chi connectivity index (χ0v) is 71.8. The number of amides is 8. The molecule has 5 aromatic carbocycles. The molecule has 7 aliphatic heterocycles. The summed E-state index contributed by atoms with van der Waals surface area (Å²) in [5.74, 6) is -0.207. The fourth-order valence-electron chi connectivity index (χ4n) is 15.0. The maximum atomic E-state index is 13.0. The highest BCUT2D eigenvalue weighted by atomic mass is 32.2. The first-order chi connectivity index (χ1) is 60.4. The van der Waals surface area contributed by atoms with E-state index < -0.39 is 69.5 Å². The van der Waals surface area contributed by atoms with E-state index in [1.165, 1.54) is 42.0 Å². The van der Waals surface area contributed by atoms with E-state index in [0.717, 1.165) is 124 Å². The molecule has 37 heteroatoms. The third kappa shape index (κ3) is 24.3. The molecule has 126 heavy (non-hydrogen) atoms. The molecule has 0 radical (unpaired) electrons. The van der Waals surface area contributed by atoms with Gasteiger partial charge in [-0.25, -0.2) is 19.9 Å². The fraction of sp³-hybridized carbons (Fsp3) is 0.461. The zero-order valence-electron chi connectivity index (χ0n) is 71.0. The molecule has 8 amide bonds. The summed E-state index contributed by atoms with van der Waals surface area (Å²) in [7, 11) is -3.82. The molecule has 0 spiro atoms. The number of piperazine rings is 2. The number of carbonyl (C=O) groups is 8. The van der Waals surface area contributed by atoms with E-state index in [9.17, 15) is 46.8 Å². The first kappa shape index (κ1) is 93.5. The Labute approximate surface area is 731 Å². The van der Waals surface area contributed by atoms with Crippen molar-refractivity contribution >= 4 is 85.6 Å². The van der Waals surface area contributed by atoms with Gasteiger partial charge in [-0.3, -0.25) is 78.0 Å². The maximum Gasteiger partial charge on any atom is 0.297 e. The summed E-state index contributed by atoms with van der Waals surface area (Å²) in [6.07, 6.45) is 3.77. The van der Waals surface area contributed by atoms with Gasteiger partial charge in [0.25, 0.3) is 33.7 Å². The standard InChI is InChI=1S/C40H48N8O9.C28H32N2O11S.C20H25N5O.CH4/c1-25(2)57-28-5-7-32-31(21-28)37(45-44-32)33-22-35(42-24-41-33)47-11-10-46(26(3)23-47)12-13-53-14-15-54-16-17-55-18-19-56-27-4-6-29-30(20-27)40(52)48(39(29)51)34-8-9-36(49)43-38(34)50;1-19-2-5-21(6-3-19)42(35,36)41-17-15-39-13-11-37-10-12-38-14-16-40-20-4-7-22-23(18-20)28(34)30(27(22)33)24-8-9-25(31)29-26(24)32;1-13(2)26-16-5-4-15-10-22-20(17(15)8-16)18-9-19(24-12-23-18)25-7-6-21-14(3)11-25;/h4-7,20-22,24-26,34H,8-19,23H2,1-3H3,(H,44,45)(H,43,49,50);2-7,18,24H,8-17H2,1H3,(H,29,31,32);4-5,8-9,12-14,21H,6-7,10-11H2,1-3H3;1H4/t26-,34?;;14-;/m0.0./s1. The Morgan fingerprint density at radius 3 is 1.52 bits per heavy atom. The van der Waals surface area contributed by atoms with Gasteiger partial charge in [-0.05, 0) is 146 Å². The van der Waals surface area contributed by atoms with Crippen molar-refractivity contribution in [3.8, 4) is 34.4 Å². The number of hydrogen-bond donors (Lipinski definition) is 4. The summed E-state index contributed by atoms with van der Waals surface area (Å²) in [6, 6.07) is 30.4. The number of ether oxygens (including phenoxy) is 10. The van der Waals surface area contributed by atoms with Crippen LogP contribution < -0.4 is 44.7 Å². The number of rotatable bonds is 38. The molecule has 2 unspecified atom stereocenters. The number of anilines is 2. The molecule has 4 fully saturated rings. The molecule has 10 heterocycles. The summed E-state index contributed by atoms with van der Waals surface area (Å²) in [6.45, 7) is 25.7. The van der Waals surface area contributed by atoms with Gasteiger partial charge in [0.1, 0.15) is 78.3 Å². The number of aliphatic imine (C=N–C) groups is 1. The van der Waals surface area contributed by atoms with Crippen molar-refractivity contribution in [2.24, 2.45) is 4.99 Å². The zero-order chi connectivity index (χ0) is 88.1. The topological polar surface area (TPSA) is 417 Å². The normalized spacial score (nSPS) is 18.2. The van der Waals surface area contributed by atoms with Gasteiger partial charge in [0.2, 0.25) is 23.6 Å². The minimum absolute atomic E-state index is 0.